The molecule has 4 aliphatic carbocycles. The van der Waals surface area contributed by atoms with Gasteiger partial charge in [0.25, 0.3) is 0 Å². The Morgan fingerprint density at radius 1 is 1.03 bits per heavy atom. The maximum absolute atomic E-state index is 11.4. The van der Waals surface area contributed by atoms with Gasteiger partial charge in [0.15, 0.2) is 0 Å². The van der Waals surface area contributed by atoms with Gasteiger partial charge in [0.05, 0.1) is 40.3 Å². The molecule has 4 fully saturated rings. The normalized spacial score (nSPS) is 27.9. The van der Waals surface area contributed by atoms with Gasteiger partial charge in [0.2, 0.25) is 0 Å². The van der Waals surface area contributed by atoms with Crippen LogP contribution in [-0.4, -0.2) is 21.4 Å². The van der Waals surface area contributed by atoms with E-state index in [1.165, 1.54) is 74.0 Å². The van der Waals surface area contributed by atoms with Gasteiger partial charge < -0.3 is 14.4 Å². The lowest BCUT2D eigenvalue weighted by Crippen LogP contribution is -2.34. The van der Waals surface area contributed by atoms with Crippen LogP contribution in [0.2, 0.25) is 0 Å². The van der Waals surface area contributed by atoms with Gasteiger partial charge in [-0.2, -0.15) is 5.26 Å². The maximum atomic E-state index is 11.4. The van der Waals surface area contributed by atoms with Crippen molar-refractivity contribution in [2.75, 3.05) is 0 Å². The van der Waals surface area contributed by atoms with Crippen molar-refractivity contribution < 1.29 is 14.4 Å². The van der Waals surface area contributed by atoms with Crippen molar-refractivity contribution in [3.05, 3.63) is 45.8 Å². The molecule has 3 aromatic rings. The van der Waals surface area contributed by atoms with Gasteiger partial charge in [-0.25, -0.2) is 4.98 Å². The third kappa shape index (κ3) is 4.17. The van der Waals surface area contributed by atoms with Gasteiger partial charge in [0, 0.05) is 17.4 Å². The van der Waals surface area contributed by atoms with Crippen LogP contribution in [-0.2, 0) is 16.9 Å². The number of thiazole rings is 1. The molecule has 0 aliphatic heterocycles. The molecule has 1 aromatic carbocycles. The summed E-state index contributed by atoms with van der Waals surface area (Å²) in [7, 11) is 0. The van der Waals surface area contributed by atoms with Crippen LogP contribution in [0.4, 0.5) is 0 Å². The Morgan fingerprint density at radius 3 is 2.50 bits per heavy atom. The molecule has 1 N–H and O–H groups in total. The summed E-state index contributed by atoms with van der Waals surface area (Å²) in [6, 6.07) is 7.70. The van der Waals surface area contributed by atoms with Crippen LogP contribution in [0.3, 0.4) is 0 Å². The fourth-order valence-electron chi connectivity index (χ4n) is 6.49. The molecule has 188 valence electrons. The van der Waals surface area contributed by atoms with Crippen molar-refractivity contribution >= 4 is 21.6 Å². The highest BCUT2D eigenvalue weighted by molar-refractivity contribution is 7.18. The molecule has 36 heavy (non-hydrogen) atoms. The van der Waals surface area contributed by atoms with Crippen molar-refractivity contribution in [3.8, 4) is 6.07 Å². The molecule has 0 bridgehead atoms. The number of aromatic nitrogens is 2. The summed E-state index contributed by atoms with van der Waals surface area (Å²) in [5.41, 5.74) is 3.64. The van der Waals surface area contributed by atoms with E-state index in [9.17, 15) is 10.4 Å². The number of ether oxygens (including phenoxy) is 1. The molecule has 4 saturated carbocycles. The summed E-state index contributed by atoms with van der Waals surface area (Å²) >= 11 is 1.51. The quantitative estimate of drug-likeness (QED) is 0.397. The Kier molecular flexibility index (Phi) is 5.50. The molecule has 0 radical (unpaired) electrons. The van der Waals surface area contributed by atoms with E-state index in [1.807, 2.05) is 12.1 Å². The Balaban J connectivity index is 1.01. The molecule has 2 aromatic heterocycles. The second-order valence-corrected chi connectivity index (χ2v) is 12.8. The zero-order chi connectivity index (χ0) is 24.3. The van der Waals surface area contributed by atoms with Crippen LogP contribution < -0.4 is 0 Å². The molecule has 7 rings (SSSR count). The average molecular weight is 504 g/mol. The average Bonchev–Trinajstić information content (AvgIpc) is 3.80. The first-order chi connectivity index (χ1) is 17.5. The van der Waals surface area contributed by atoms with E-state index < -0.39 is 5.60 Å². The van der Waals surface area contributed by atoms with Gasteiger partial charge in [-0.05, 0) is 101 Å². The highest BCUT2D eigenvalue weighted by Gasteiger charge is 2.46. The molecule has 0 unspecified atom stereocenters. The molecule has 0 atom stereocenters. The minimum absolute atomic E-state index is 0.126. The predicted octanol–water partition coefficient (Wildman–Crippen LogP) is 6.82. The number of benzene rings is 1. The monoisotopic (exact) mass is 503 g/mol. The highest BCUT2D eigenvalue weighted by Crippen LogP contribution is 2.59. The van der Waals surface area contributed by atoms with E-state index in [2.05, 4.69) is 11.2 Å². The molecule has 7 heteroatoms. The summed E-state index contributed by atoms with van der Waals surface area (Å²) in [6.45, 7) is 0.577. The van der Waals surface area contributed by atoms with Crippen molar-refractivity contribution in [3.63, 3.8) is 0 Å². The topological polar surface area (TPSA) is 92.2 Å². The largest absolute Gasteiger partial charge is 0.383 e. The SMILES string of the molecule is N#Cc1ccc2nc([C@]3(O)CC[C@@H](OCc4c(C5CCC6(CC5)CC6)noc4C4CC4)CC3)sc2c1. The fraction of sp³-hybridized carbons (Fsp3) is 0.621. The van der Waals surface area contributed by atoms with E-state index >= 15 is 0 Å². The van der Waals surface area contributed by atoms with Gasteiger partial charge in [-0.15, -0.1) is 11.3 Å². The van der Waals surface area contributed by atoms with Crippen molar-refractivity contribution in [1.29, 1.82) is 5.26 Å². The first kappa shape index (κ1) is 22.9. The lowest BCUT2D eigenvalue weighted by Gasteiger charge is -2.34. The van der Waals surface area contributed by atoms with E-state index in [1.54, 1.807) is 6.07 Å². The highest BCUT2D eigenvalue weighted by atomic mass is 32.1. The number of aliphatic hydroxyl groups is 1. The molecule has 2 heterocycles. The smallest absolute Gasteiger partial charge is 0.145 e. The van der Waals surface area contributed by atoms with Crippen molar-refractivity contribution in [2.45, 2.75) is 107 Å². The van der Waals surface area contributed by atoms with Gasteiger partial charge >= 0.3 is 0 Å². The van der Waals surface area contributed by atoms with Crippen LogP contribution in [0.15, 0.2) is 22.7 Å². The van der Waals surface area contributed by atoms with Gasteiger partial charge in [-0.1, -0.05) is 5.16 Å². The van der Waals surface area contributed by atoms with Crippen LogP contribution in [0.5, 0.6) is 0 Å². The number of hydrogen-bond donors (Lipinski definition) is 1. The minimum atomic E-state index is -0.918. The van der Waals surface area contributed by atoms with E-state index in [-0.39, 0.29) is 6.10 Å². The van der Waals surface area contributed by atoms with Crippen molar-refractivity contribution in [1.82, 2.24) is 10.1 Å². The Morgan fingerprint density at radius 2 is 1.81 bits per heavy atom. The van der Waals surface area contributed by atoms with Crippen LogP contribution in [0.25, 0.3) is 10.2 Å². The number of fused-ring (bicyclic) bond motifs is 1. The molecular weight excluding hydrogens is 470 g/mol. The lowest BCUT2D eigenvalue weighted by molar-refractivity contribution is -0.0642. The molecule has 0 amide bonds. The second kappa shape index (κ2) is 8.65. The van der Waals surface area contributed by atoms with Gasteiger partial charge in [-0.3, -0.25) is 0 Å². The fourth-order valence-corrected chi connectivity index (χ4v) is 7.64. The maximum Gasteiger partial charge on any atom is 0.145 e. The third-order valence-electron chi connectivity index (χ3n) is 9.33. The van der Waals surface area contributed by atoms with E-state index in [4.69, 9.17) is 14.2 Å². The van der Waals surface area contributed by atoms with Crippen LogP contribution in [0, 0.1) is 16.7 Å². The number of hydrogen-bond acceptors (Lipinski definition) is 7. The number of nitriles is 1. The van der Waals surface area contributed by atoms with E-state index in [0.29, 0.717) is 42.3 Å². The summed E-state index contributed by atoms with van der Waals surface area (Å²) < 4.78 is 13.4. The Labute approximate surface area is 215 Å². The standard InChI is InChI=1S/C29H33N3O3S/c30-16-18-1-4-23-24(15-18)36-27(31-23)29(33)11-7-21(8-12-29)34-17-22-25(32-35-26(22)20-2-3-20)19-5-9-28(10-6-19)13-14-28/h1,4,15,19-21,33H,2-3,5-14,17H2/t21-,29+. The van der Waals surface area contributed by atoms with Gasteiger partial charge in [0.1, 0.15) is 16.4 Å². The molecule has 0 saturated heterocycles. The van der Waals surface area contributed by atoms with Crippen LogP contribution >= 0.6 is 11.3 Å². The molecular formula is C29H33N3O3S. The third-order valence-corrected chi connectivity index (χ3v) is 10.5. The first-order valence-corrected chi connectivity index (χ1v) is 14.5. The molecule has 6 nitrogen and oxygen atoms in total. The lowest BCUT2D eigenvalue weighted by atomic mass is 9.77. The number of nitrogens with zero attached hydrogens (tertiary/aromatic N) is 3. The predicted molar refractivity (Wildman–Crippen MR) is 137 cm³/mol. The van der Waals surface area contributed by atoms with E-state index in [0.717, 1.165) is 33.8 Å². The first-order valence-electron chi connectivity index (χ1n) is 13.7. The molecule has 1 spiro atoms. The zero-order valence-electron chi connectivity index (χ0n) is 20.7. The summed E-state index contributed by atoms with van der Waals surface area (Å²) in [6.07, 6.45) is 13.4. The second-order valence-electron chi connectivity index (χ2n) is 11.8. The zero-order valence-corrected chi connectivity index (χ0v) is 21.5. The molecule has 4 aliphatic rings. The minimum Gasteiger partial charge on any atom is -0.383 e. The summed E-state index contributed by atoms with van der Waals surface area (Å²) in [5.74, 6) is 2.12. The summed E-state index contributed by atoms with van der Waals surface area (Å²) in [4.78, 5) is 4.71. The van der Waals surface area contributed by atoms with Crippen LogP contribution in [0.1, 0.15) is 116 Å². The Hall–Kier alpha value is -2.27. The Bertz CT molecular complexity index is 1310. The summed E-state index contributed by atoms with van der Waals surface area (Å²) in [5, 5.41) is 26.0. The van der Waals surface area contributed by atoms with Crippen molar-refractivity contribution in [2.24, 2.45) is 5.41 Å². The number of rotatable bonds is 6.